The van der Waals surface area contributed by atoms with Gasteiger partial charge in [0.2, 0.25) is 10.0 Å². The molecule has 8 heteroatoms. The maximum atomic E-state index is 12.8. The highest BCUT2D eigenvalue weighted by molar-refractivity contribution is 7.92. The maximum absolute atomic E-state index is 12.8. The van der Waals surface area contributed by atoms with Gasteiger partial charge in [0.05, 0.1) is 11.9 Å². The molecule has 0 unspecified atom stereocenters. The maximum Gasteiger partial charge on any atom is 0.253 e. The van der Waals surface area contributed by atoms with Crippen molar-refractivity contribution in [2.45, 2.75) is 26.2 Å². The second-order valence-electron chi connectivity index (χ2n) is 7.12. The van der Waals surface area contributed by atoms with Crippen molar-refractivity contribution in [1.29, 1.82) is 0 Å². The number of carbonyl (C=O) groups is 1. The molecular weight excluding hydrogens is 362 g/mol. The number of anilines is 1. The van der Waals surface area contributed by atoms with E-state index in [1.807, 2.05) is 11.8 Å². The fraction of sp³-hybridized carbons (Fsp3) is 0.588. The van der Waals surface area contributed by atoms with Gasteiger partial charge in [-0.1, -0.05) is 6.07 Å². The number of halogens is 1. The van der Waals surface area contributed by atoms with E-state index in [1.54, 1.807) is 18.2 Å². The Labute approximate surface area is 155 Å². The van der Waals surface area contributed by atoms with Crippen LogP contribution >= 0.6 is 12.4 Å². The molecule has 2 saturated heterocycles. The molecule has 1 spiro atoms. The molecule has 0 aliphatic carbocycles. The van der Waals surface area contributed by atoms with Crippen LogP contribution in [-0.4, -0.2) is 51.7 Å². The smallest absolute Gasteiger partial charge is 0.253 e. The van der Waals surface area contributed by atoms with Gasteiger partial charge in [-0.3, -0.25) is 9.52 Å². The second kappa shape index (κ2) is 7.51. The molecule has 0 atom stereocenters. The fourth-order valence-corrected chi connectivity index (χ4v) is 4.27. The van der Waals surface area contributed by atoms with Crippen molar-refractivity contribution in [3.05, 3.63) is 29.3 Å². The van der Waals surface area contributed by atoms with Gasteiger partial charge < -0.3 is 10.2 Å². The van der Waals surface area contributed by atoms with E-state index in [-0.39, 0.29) is 18.3 Å². The van der Waals surface area contributed by atoms with E-state index in [2.05, 4.69) is 10.0 Å². The molecule has 1 aromatic rings. The number of nitrogens with one attached hydrogen (secondary N) is 2. The van der Waals surface area contributed by atoms with Crippen molar-refractivity contribution in [2.24, 2.45) is 5.41 Å². The third-order valence-electron chi connectivity index (χ3n) is 5.22. The van der Waals surface area contributed by atoms with Crippen molar-refractivity contribution < 1.29 is 13.2 Å². The van der Waals surface area contributed by atoms with Gasteiger partial charge in [0, 0.05) is 25.2 Å². The summed E-state index contributed by atoms with van der Waals surface area (Å²) in [6.07, 6.45) is 4.38. The molecule has 2 aliphatic rings. The van der Waals surface area contributed by atoms with Gasteiger partial charge in [0.1, 0.15) is 0 Å². The minimum atomic E-state index is -3.36. The van der Waals surface area contributed by atoms with Crippen molar-refractivity contribution in [3.8, 4) is 0 Å². The molecule has 2 heterocycles. The number of carbonyl (C=O) groups excluding carboxylic acids is 1. The zero-order valence-electron chi connectivity index (χ0n) is 14.7. The Kier molecular flexibility index (Phi) is 6.01. The zero-order valence-corrected chi connectivity index (χ0v) is 16.3. The number of benzene rings is 1. The summed E-state index contributed by atoms with van der Waals surface area (Å²) in [7, 11) is -3.36. The van der Waals surface area contributed by atoms with Gasteiger partial charge >= 0.3 is 0 Å². The van der Waals surface area contributed by atoms with Crippen LogP contribution < -0.4 is 10.0 Å². The number of sulfonamides is 1. The quantitative estimate of drug-likeness (QED) is 0.831. The average Bonchev–Trinajstić information content (AvgIpc) is 2.96. The van der Waals surface area contributed by atoms with Crippen LogP contribution in [0.5, 0.6) is 0 Å². The predicted molar refractivity (Wildman–Crippen MR) is 102 cm³/mol. The molecular formula is C17H26ClN3O3S. The van der Waals surface area contributed by atoms with Crippen LogP contribution in [0.2, 0.25) is 0 Å². The van der Waals surface area contributed by atoms with Gasteiger partial charge in [0.15, 0.2) is 0 Å². The van der Waals surface area contributed by atoms with E-state index in [0.29, 0.717) is 16.7 Å². The summed E-state index contributed by atoms with van der Waals surface area (Å²) in [5, 5.41) is 3.43. The molecule has 1 aromatic carbocycles. The van der Waals surface area contributed by atoms with Gasteiger partial charge in [-0.25, -0.2) is 8.42 Å². The summed E-state index contributed by atoms with van der Waals surface area (Å²) in [5.74, 6) is -0.0210. The number of likely N-dealkylation sites (tertiary alicyclic amines) is 1. The molecule has 0 radical (unpaired) electrons. The van der Waals surface area contributed by atoms with E-state index < -0.39 is 10.0 Å². The number of aryl methyl sites for hydroxylation is 1. The number of hydrogen-bond acceptors (Lipinski definition) is 4. The lowest BCUT2D eigenvalue weighted by atomic mass is 9.78. The average molecular weight is 388 g/mol. The Hall–Kier alpha value is -1.31. The molecule has 3 rings (SSSR count). The molecule has 1 amide bonds. The third kappa shape index (κ3) is 4.65. The van der Waals surface area contributed by atoms with E-state index in [4.69, 9.17) is 0 Å². The summed E-state index contributed by atoms with van der Waals surface area (Å²) >= 11 is 0. The van der Waals surface area contributed by atoms with Crippen LogP contribution in [0.3, 0.4) is 0 Å². The lowest BCUT2D eigenvalue weighted by Crippen LogP contribution is -2.44. The fourth-order valence-electron chi connectivity index (χ4n) is 3.65. The monoisotopic (exact) mass is 387 g/mol. The Balaban J connectivity index is 0.00000225. The molecule has 140 valence electrons. The standard InChI is InChI=1S/C17H25N3O3S.ClH/c1-13-3-4-14(11-15(13)19-24(2,22)23)16(21)20-9-6-17(7-10-20)5-8-18-12-17;/h3-4,11,18-19H,5-10,12H2,1-2H3;1H. The van der Waals surface area contributed by atoms with Crippen LogP contribution in [0.1, 0.15) is 35.2 Å². The molecule has 2 N–H and O–H groups in total. The van der Waals surface area contributed by atoms with Crippen molar-refractivity contribution in [1.82, 2.24) is 10.2 Å². The first-order chi connectivity index (χ1) is 11.3. The molecule has 0 aromatic heterocycles. The largest absolute Gasteiger partial charge is 0.339 e. The minimum absolute atomic E-state index is 0. The summed E-state index contributed by atoms with van der Waals surface area (Å²) in [4.78, 5) is 14.7. The summed E-state index contributed by atoms with van der Waals surface area (Å²) in [6, 6.07) is 5.19. The highest BCUT2D eigenvalue weighted by atomic mass is 35.5. The molecule has 6 nitrogen and oxygen atoms in total. The first-order valence-electron chi connectivity index (χ1n) is 8.37. The van der Waals surface area contributed by atoms with Crippen LogP contribution in [-0.2, 0) is 10.0 Å². The first-order valence-corrected chi connectivity index (χ1v) is 10.3. The van der Waals surface area contributed by atoms with Gasteiger partial charge in [-0.2, -0.15) is 0 Å². The molecule has 2 fully saturated rings. The predicted octanol–water partition coefficient (Wildman–Crippen LogP) is 2.00. The van der Waals surface area contributed by atoms with Crippen LogP contribution in [0.15, 0.2) is 18.2 Å². The first kappa shape index (κ1) is 20.0. The molecule has 25 heavy (non-hydrogen) atoms. The Bertz CT molecular complexity index is 736. The SMILES string of the molecule is Cc1ccc(C(=O)N2CCC3(CCNC3)CC2)cc1NS(C)(=O)=O.Cl. The van der Waals surface area contributed by atoms with Crippen LogP contribution in [0.25, 0.3) is 0 Å². The minimum Gasteiger partial charge on any atom is -0.339 e. The topological polar surface area (TPSA) is 78.5 Å². The molecule has 2 aliphatic heterocycles. The van der Waals surface area contributed by atoms with Gasteiger partial charge in [-0.15, -0.1) is 12.4 Å². The lowest BCUT2D eigenvalue weighted by molar-refractivity contribution is 0.0607. The number of piperidine rings is 1. The van der Waals surface area contributed by atoms with Gasteiger partial charge in [-0.05, 0) is 55.8 Å². The third-order valence-corrected chi connectivity index (χ3v) is 5.81. The second-order valence-corrected chi connectivity index (χ2v) is 8.87. The molecule has 0 bridgehead atoms. The normalized spacial score (nSPS) is 19.5. The number of amides is 1. The number of hydrogen-bond donors (Lipinski definition) is 2. The van der Waals surface area contributed by atoms with E-state index in [0.717, 1.165) is 50.8 Å². The Morgan fingerprint density at radius 1 is 1.24 bits per heavy atom. The van der Waals surface area contributed by atoms with Crippen molar-refractivity contribution >= 4 is 34.0 Å². The number of rotatable bonds is 3. The summed E-state index contributed by atoms with van der Waals surface area (Å²) in [6.45, 7) is 5.49. The van der Waals surface area contributed by atoms with Crippen LogP contribution in [0.4, 0.5) is 5.69 Å². The summed E-state index contributed by atoms with van der Waals surface area (Å²) in [5.41, 5.74) is 2.17. The van der Waals surface area contributed by atoms with Crippen molar-refractivity contribution in [3.63, 3.8) is 0 Å². The Morgan fingerprint density at radius 2 is 1.92 bits per heavy atom. The van der Waals surface area contributed by atoms with E-state index in [9.17, 15) is 13.2 Å². The van der Waals surface area contributed by atoms with E-state index in [1.165, 1.54) is 6.42 Å². The highest BCUT2D eigenvalue weighted by Crippen LogP contribution is 2.37. The highest BCUT2D eigenvalue weighted by Gasteiger charge is 2.38. The lowest BCUT2D eigenvalue weighted by Gasteiger charge is -2.39. The van der Waals surface area contributed by atoms with E-state index >= 15 is 0 Å². The number of nitrogens with zero attached hydrogens (tertiary/aromatic N) is 1. The Morgan fingerprint density at radius 3 is 2.48 bits per heavy atom. The van der Waals surface area contributed by atoms with Crippen LogP contribution in [0, 0.1) is 12.3 Å². The molecule has 0 saturated carbocycles. The van der Waals surface area contributed by atoms with Crippen molar-refractivity contribution in [2.75, 3.05) is 37.2 Å². The zero-order chi connectivity index (χ0) is 17.4. The summed E-state index contributed by atoms with van der Waals surface area (Å²) < 4.78 is 25.4. The van der Waals surface area contributed by atoms with Gasteiger partial charge in [0.25, 0.3) is 5.91 Å².